The molecule has 47 heavy (non-hydrogen) atoms. The first-order valence-electron chi connectivity index (χ1n) is 14.9. The van der Waals surface area contributed by atoms with E-state index in [0.29, 0.717) is 53.2 Å². The Kier molecular flexibility index (Phi) is 9.69. The Bertz CT molecular complexity index is 1910. The van der Waals surface area contributed by atoms with E-state index >= 15 is 0 Å². The average molecular weight is 646 g/mol. The Morgan fingerprint density at radius 1 is 0.745 bits per heavy atom. The molecule has 3 amide bonds. The number of fused-ring (bicyclic) bond motifs is 1. The quantitative estimate of drug-likeness (QED) is 0.108. The number of rotatable bonds is 10. The summed E-state index contributed by atoms with van der Waals surface area (Å²) in [7, 11) is 0. The molecule has 1 aliphatic heterocycles. The molecule has 0 saturated heterocycles. The minimum atomic E-state index is -0.528. The molecule has 0 radical (unpaired) electrons. The van der Waals surface area contributed by atoms with Crippen molar-refractivity contribution in [2.24, 2.45) is 0 Å². The number of hydrogen-bond acceptors (Lipinski definition) is 7. The van der Waals surface area contributed by atoms with Gasteiger partial charge in [0.2, 0.25) is 5.91 Å². The van der Waals surface area contributed by atoms with Gasteiger partial charge in [-0.1, -0.05) is 48.5 Å². The van der Waals surface area contributed by atoms with Gasteiger partial charge in [0, 0.05) is 39.5 Å². The van der Waals surface area contributed by atoms with Crippen LogP contribution < -0.4 is 25.4 Å². The maximum atomic E-state index is 13.5. The zero-order chi connectivity index (χ0) is 32.6. The van der Waals surface area contributed by atoms with Gasteiger partial charge in [0.15, 0.2) is 11.5 Å². The van der Waals surface area contributed by atoms with Gasteiger partial charge in [-0.05, 0) is 67.6 Å². The first-order chi connectivity index (χ1) is 22.9. The number of hydrogen-bond donors (Lipinski definition) is 3. The van der Waals surface area contributed by atoms with E-state index in [4.69, 9.17) is 13.9 Å². The number of anilines is 2. The number of furan rings is 1. The van der Waals surface area contributed by atoms with Crippen molar-refractivity contribution < 1.29 is 28.3 Å². The normalized spacial score (nSPS) is 12.9. The molecule has 6 rings (SSSR count). The number of ether oxygens (including phenoxy) is 2. The highest BCUT2D eigenvalue weighted by molar-refractivity contribution is 8.00. The van der Waals surface area contributed by atoms with Crippen LogP contribution in [0.5, 0.6) is 11.5 Å². The second-order valence-electron chi connectivity index (χ2n) is 10.5. The number of benzene rings is 4. The lowest BCUT2D eigenvalue weighted by Gasteiger charge is -2.19. The fourth-order valence-corrected chi connectivity index (χ4v) is 5.58. The highest BCUT2D eigenvalue weighted by atomic mass is 32.2. The zero-order valence-corrected chi connectivity index (χ0v) is 26.2. The predicted octanol–water partition coefficient (Wildman–Crippen LogP) is 7.25. The van der Waals surface area contributed by atoms with E-state index in [2.05, 4.69) is 16.0 Å². The van der Waals surface area contributed by atoms with Crippen LogP contribution in [0.25, 0.3) is 17.4 Å². The largest absolute Gasteiger partial charge is 0.486 e. The van der Waals surface area contributed by atoms with Gasteiger partial charge in [-0.2, -0.15) is 0 Å². The van der Waals surface area contributed by atoms with E-state index in [9.17, 15) is 14.4 Å². The van der Waals surface area contributed by atoms with Gasteiger partial charge in [-0.3, -0.25) is 14.4 Å². The van der Waals surface area contributed by atoms with Gasteiger partial charge in [-0.15, -0.1) is 11.8 Å². The molecular formula is C37H31N3O6S. The molecule has 9 nitrogen and oxygen atoms in total. The van der Waals surface area contributed by atoms with Crippen molar-refractivity contribution in [3.63, 3.8) is 0 Å². The summed E-state index contributed by atoms with van der Waals surface area (Å²) >= 11 is 1.38. The van der Waals surface area contributed by atoms with E-state index in [0.717, 1.165) is 10.5 Å². The summed E-state index contributed by atoms with van der Waals surface area (Å²) < 4.78 is 17.1. The molecule has 0 unspecified atom stereocenters. The molecule has 10 heteroatoms. The molecule has 0 bridgehead atoms. The summed E-state index contributed by atoms with van der Waals surface area (Å²) in [5.74, 6) is 1.16. The predicted molar refractivity (Wildman–Crippen MR) is 182 cm³/mol. The van der Waals surface area contributed by atoms with Crippen molar-refractivity contribution in [2.75, 3.05) is 23.8 Å². The van der Waals surface area contributed by atoms with Crippen LogP contribution in [0.3, 0.4) is 0 Å². The van der Waals surface area contributed by atoms with Gasteiger partial charge in [0.25, 0.3) is 11.8 Å². The summed E-state index contributed by atoms with van der Waals surface area (Å²) in [5.41, 5.74) is 2.44. The third kappa shape index (κ3) is 8.11. The fraction of sp³-hybridized carbons (Fsp3) is 0.108. The molecule has 0 fully saturated rings. The van der Waals surface area contributed by atoms with Crippen LogP contribution in [-0.4, -0.2) is 36.2 Å². The van der Waals surface area contributed by atoms with E-state index in [1.807, 2.05) is 61.5 Å². The first kappa shape index (κ1) is 31.3. The van der Waals surface area contributed by atoms with Crippen LogP contribution in [-0.2, 0) is 9.59 Å². The molecule has 5 aromatic rings. The highest BCUT2D eigenvalue weighted by Gasteiger charge is 2.19. The molecule has 2 heterocycles. The number of thioether (sulfide) groups is 1. The number of nitrogens with one attached hydrogen (secondary N) is 3. The Morgan fingerprint density at radius 3 is 2.17 bits per heavy atom. The third-order valence-corrected chi connectivity index (χ3v) is 8.22. The number of carbonyl (C=O) groups excluding carboxylic acids is 3. The minimum absolute atomic E-state index is 0.00991. The molecule has 0 saturated carbocycles. The van der Waals surface area contributed by atoms with Crippen molar-refractivity contribution in [1.82, 2.24) is 5.32 Å². The van der Waals surface area contributed by atoms with Gasteiger partial charge in [0.05, 0.1) is 5.25 Å². The SMILES string of the molecule is C[C@H](Sc1ccc(NC(=O)/C(=C\c2ccc(-c3ccccc3)o2)NC(=O)c2ccccc2)cc1)C(=O)Nc1ccc2c(c1)OCCO2. The molecule has 1 aliphatic rings. The Labute approximate surface area is 276 Å². The van der Waals surface area contributed by atoms with E-state index in [1.54, 1.807) is 60.7 Å². The van der Waals surface area contributed by atoms with Crippen molar-refractivity contribution in [1.29, 1.82) is 0 Å². The van der Waals surface area contributed by atoms with Crippen LogP contribution in [0.15, 0.2) is 130 Å². The maximum Gasteiger partial charge on any atom is 0.272 e. The van der Waals surface area contributed by atoms with Crippen LogP contribution in [0, 0.1) is 0 Å². The molecule has 236 valence electrons. The van der Waals surface area contributed by atoms with Crippen LogP contribution in [0.2, 0.25) is 0 Å². The lowest BCUT2D eigenvalue weighted by atomic mass is 10.2. The summed E-state index contributed by atoms with van der Waals surface area (Å²) in [6.45, 7) is 2.78. The van der Waals surface area contributed by atoms with Crippen LogP contribution in [0.4, 0.5) is 11.4 Å². The lowest BCUT2D eigenvalue weighted by Crippen LogP contribution is -2.30. The van der Waals surface area contributed by atoms with Gasteiger partial charge in [-0.25, -0.2) is 0 Å². The molecular weight excluding hydrogens is 614 g/mol. The van der Waals surface area contributed by atoms with Gasteiger partial charge >= 0.3 is 0 Å². The van der Waals surface area contributed by atoms with Gasteiger partial charge < -0.3 is 29.8 Å². The van der Waals surface area contributed by atoms with E-state index in [-0.39, 0.29) is 11.6 Å². The number of amides is 3. The Hall–Kier alpha value is -5.74. The monoisotopic (exact) mass is 645 g/mol. The standard InChI is InChI=1S/C37H31N3O6S/c1-24(35(41)39-28-14-18-33-34(22-28)45-21-20-44-33)47-30-16-12-27(13-17-30)38-37(43)31(40-36(42)26-10-6-3-7-11-26)23-29-15-19-32(46-29)25-8-4-2-5-9-25/h2-19,22-24H,20-21H2,1H3,(H,38,43)(H,39,41)(H,40,42)/b31-23+/t24-/m0/s1. The smallest absolute Gasteiger partial charge is 0.272 e. The van der Waals surface area contributed by atoms with E-state index in [1.165, 1.54) is 17.8 Å². The minimum Gasteiger partial charge on any atom is -0.486 e. The van der Waals surface area contributed by atoms with Crippen molar-refractivity contribution in [3.05, 3.63) is 132 Å². The molecule has 1 aromatic heterocycles. The molecule has 0 aliphatic carbocycles. The third-order valence-electron chi connectivity index (χ3n) is 7.10. The Balaban J connectivity index is 1.12. The second kappa shape index (κ2) is 14.6. The molecule has 3 N–H and O–H groups in total. The maximum absolute atomic E-state index is 13.5. The number of carbonyl (C=O) groups is 3. The zero-order valence-electron chi connectivity index (χ0n) is 25.4. The average Bonchev–Trinajstić information content (AvgIpc) is 3.58. The summed E-state index contributed by atoms with van der Waals surface area (Å²) in [5, 5.41) is 8.09. The Morgan fingerprint density at radius 2 is 1.43 bits per heavy atom. The highest BCUT2D eigenvalue weighted by Crippen LogP contribution is 2.33. The molecule has 0 spiro atoms. The van der Waals surface area contributed by atoms with Crippen molar-refractivity contribution in [3.8, 4) is 22.8 Å². The van der Waals surface area contributed by atoms with Crippen LogP contribution >= 0.6 is 11.8 Å². The van der Waals surface area contributed by atoms with Crippen LogP contribution in [0.1, 0.15) is 23.0 Å². The van der Waals surface area contributed by atoms with E-state index < -0.39 is 17.1 Å². The van der Waals surface area contributed by atoms with Crippen molar-refractivity contribution in [2.45, 2.75) is 17.1 Å². The van der Waals surface area contributed by atoms with Crippen molar-refractivity contribution >= 4 is 46.9 Å². The second-order valence-corrected chi connectivity index (χ2v) is 11.9. The summed E-state index contributed by atoms with van der Waals surface area (Å²) in [4.78, 5) is 40.2. The van der Waals surface area contributed by atoms with Gasteiger partial charge in [0.1, 0.15) is 30.4 Å². The molecule has 4 aromatic carbocycles. The summed E-state index contributed by atoms with van der Waals surface area (Å²) in [6, 6.07) is 34.2. The summed E-state index contributed by atoms with van der Waals surface area (Å²) in [6.07, 6.45) is 1.49. The topological polar surface area (TPSA) is 119 Å². The first-order valence-corrected chi connectivity index (χ1v) is 15.8. The lowest BCUT2D eigenvalue weighted by molar-refractivity contribution is -0.115. The fourth-order valence-electron chi connectivity index (χ4n) is 4.71. The molecule has 1 atom stereocenters.